The first kappa shape index (κ1) is 9.83. The summed E-state index contributed by atoms with van der Waals surface area (Å²) >= 11 is 0. The van der Waals surface area contributed by atoms with E-state index >= 15 is 0 Å². The first-order chi connectivity index (χ1) is 5.93. The van der Waals surface area contributed by atoms with Gasteiger partial charge in [0.1, 0.15) is 0 Å². The molecule has 70 valence electrons. The maximum Gasteiger partial charge on any atom is -0.0233 e. The first-order valence-corrected chi connectivity index (χ1v) is 5.60. The van der Waals surface area contributed by atoms with Crippen LogP contribution in [0.3, 0.4) is 0 Å². The van der Waals surface area contributed by atoms with Crippen LogP contribution in [-0.2, 0) is 0 Å². The molecule has 0 heteroatoms. The van der Waals surface area contributed by atoms with E-state index in [2.05, 4.69) is 19.1 Å². The van der Waals surface area contributed by atoms with E-state index in [-0.39, 0.29) is 0 Å². The Bertz CT molecular complexity index is 124. The second-order valence-electron chi connectivity index (χ2n) is 3.97. The number of allylic oxidation sites excluding steroid dienone is 2. The molecule has 0 saturated carbocycles. The van der Waals surface area contributed by atoms with Gasteiger partial charge in [0.05, 0.1) is 0 Å². The smallest absolute Gasteiger partial charge is 0.0233 e. The fourth-order valence-electron chi connectivity index (χ4n) is 1.96. The third kappa shape index (κ3) is 3.94. The highest BCUT2D eigenvalue weighted by atomic mass is 14.1. The Labute approximate surface area is 77.1 Å². The third-order valence-electron chi connectivity index (χ3n) is 2.78. The van der Waals surface area contributed by atoms with Crippen molar-refractivity contribution in [2.24, 2.45) is 5.92 Å². The summed E-state index contributed by atoms with van der Waals surface area (Å²) in [6.07, 6.45) is 16.1. The van der Waals surface area contributed by atoms with E-state index in [1.54, 1.807) is 0 Å². The quantitative estimate of drug-likeness (QED) is 0.421. The van der Waals surface area contributed by atoms with Crippen molar-refractivity contribution in [2.75, 3.05) is 0 Å². The molecular formula is C12H22. The van der Waals surface area contributed by atoms with Gasteiger partial charge < -0.3 is 0 Å². The van der Waals surface area contributed by atoms with Crippen molar-refractivity contribution in [3.8, 4) is 0 Å². The van der Waals surface area contributed by atoms with Gasteiger partial charge in [-0.25, -0.2) is 0 Å². The molecule has 1 atom stereocenters. The Morgan fingerprint density at radius 3 is 2.83 bits per heavy atom. The molecule has 1 aliphatic carbocycles. The van der Waals surface area contributed by atoms with Gasteiger partial charge >= 0.3 is 0 Å². The minimum absolute atomic E-state index is 0.926. The average molecular weight is 166 g/mol. The van der Waals surface area contributed by atoms with Gasteiger partial charge in [-0.3, -0.25) is 0 Å². The lowest BCUT2D eigenvalue weighted by atomic mass is 9.91. The molecule has 0 radical (unpaired) electrons. The number of rotatable bonds is 5. The van der Waals surface area contributed by atoms with Crippen molar-refractivity contribution in [1.29, 1.82) is 0 Å². The molecule has 0 bridgehead atoms. The SMILES string of the molecule is CCCCCCC1C=CCCC1. The third-order valence-corrected chi connectivity index (χ3v) is 2.78. The highest BCUT2D eigenvalue weighted by Crippen LogP contribution is 2.22. The van der Waals surface area contributed by atoms with Crippen molar-refractivity contribution in [3.63, 3.8) is 0 Å². The van der Waals surface area contributed by atoms with E-state index in [4.69, 9.17) is 0 Å². The van der Waals surface area contributed by atoms with Crippen LogP contribution in [0.1, 0.15) is 58.3 Å². The van der Waals surface area contributed by atoms with Crippen molar-refractivity contribution >= 4 is 0 Å². The molecule has 1 rings (SSSR count). The van der Waals surface area contributed by atoms with Crippen molar-refractivity contribution in [3.05, 3.63) is 12.2 Å². The molecule has 0 spiro atoms. The summed E-state index contributed by atoms with van der Waals surface area (Å²) < 4.78 is 0. The number of hydrogen-bond acceptors (Lipinski definition) is 0. The van der Waals surface area contributed by atoms with E-state index in [1.807, 2.05) is 0 Å². The summed E-state index contributed by atoms with van der Waals surface area (Å²) in [6.45, 7) is 2.28. The van der Waals surface area contributed by atoms with Crippen molar-refractivity contribution < 1.29 is 0 Å². The lowest BCUT2D eigenvalue weighted by Crippen LogP contribution is -2.00. The average Bonchev–Trinajstić information content (AvgIpc) is 2.14. The lowest BCUT2D eigenvalue weighted by Gasteiger charge is -2.15. The second kappa shape index (κ2) is 6.28. The van der Waals surface area contributed by atoms with Crippen LogP contribution in [0, 0.1) is 5.92 Å². The molecule has 0 saturated heterocycles. The normalized spacial score (nSPS) is 22.9. The molecule has 0 amide bonds. The highest BCUT2D eigenvalue weighted by molar-refractivity contribution is 4.92. The summed E-state index contributed by atoms with van der Waals surface area (Å²) in [5.74, 6) is 0.926. The summed E-state index contributed by atoms with van der Waals surface area (Å²) in [7, 11) is 0. The van der Waals surface area contributed by atoms with Crippen LogP contribution in [0.4, 0.5) is 0 Å². The zero-order chi connectivity index (χ0) is 8.65. The zero-order valence-electron chi connectivity index (χ0n) is 8.39. The molecule has 0 aromatic heterocycles. The van der Waals surface area contributed by atoms with Crippen molar-refractivity contribution in [2.45, 2.75) is 58.3 Å². The van der Waals surface area contributed by atoms with Crippen LogP contribution in [0.15, 0.2) is 12.2 Å². The molecule has 0 N–H and O–H groups in total. The van der Waals surface area contributed by atoms with E-state index in [9.17, 15) is 0 Å². The second-order valence-corrected chi connectivity index (χ2v) is 3.97. The molecule has 12 heavy (non-hydrogen) atoms. The topological polar surface area (TPSA) is 0 Å². The van der Waals surface area contributed by atoms with Gasteiger partial charge in [0.25, 0.3) is 0 Å². The summed E-state index contributed by atoms with van der Waals surface area (Å²) in [4.78, 5) is 0. The van der Waals surface area contributed by atoms with Crippen LogP contribution in [0.2, 0.25) is 0 Å². The molecule has 0 fully saturated rings. The maximum atomic E-state index is 2.44. The van der Waals surface area contributed by atoms with Gasteiger partial charge in [0.15, 0.2) is 0 Å². The van der Waals surface area contributed by atoms with Crippen LogP contribution in [0.25, 0.3) is 0 Å². The lowest BCUT2D eigenvalue weighted by molar-refractivity contribution is 0.474. The minimum atomic E-state index is 0.926. The van der Waals surface area contributed by atoms with Crippen LogP contribution in [0.5, 0.6) is 0 Å². The first-order valence-electron chi connectivity index (χ1n) is 5.60. The van der Waals surface area contributed by atoms with Gasteiger partial charge in [0, 0.05) is 0 Å². The molecular weight excluding hydrogens is 144 g/mol. The molecule has 0 aromatic rings. The molecule has 0 heterocycles. The Balaban J connectivity index is 1.98. The fraction of sp³-hybridized carbons (Fsp3) is 0.833. The summed E-state index contributed by atoms with van der Waals surface area (Å²) in [5.41, 5.74) is 0. The highest BCUT2D eigenvalue weighted by Gasteiger charge is 2.06. The molecule has 0 nitrogen and oxygen atoms in total. The van der Waals surface area contributed by atoms with E-state index < -0.39 is 0 Å². The predicted octanol–water partition coefficient (Wildman–Crippen LogP) is 4.31. The molecule has 0 aromatic carbocycles. The van der Waals surface area contributed by atoms with Gasteiger partial charge in [0.2, 0.25) is 0 Å². The molecule has 0 aliphatic heterocycles. The Morgan fingerprint density at radius 1 is 1.25 bits per heavy atom. The van der Waals surface area contributed by atoms with E-state index in [0.717, 1.165) is 5.92 Å². The zero-order valence-corrected chi connectivity index (χ0v) is 8.39. The standard InChI is InChI=1S/C12H22/c1-2-3-4-6-9-12-10-7-5-8-11-12/h7,10,12H,2-6,8-9,11H2,1H3. The van der Waals surface area contributed by atoms with Gasteiger partial charge in [-0.05, 0) is 31.6 Å². The van der Waals surface area contributed by atoms with Crippen molar-refractivity contribution in [1.82, 2.24) is 0 Å². The molecule has 1 unspecified atom stereocenters. The number of unbranched alkanes of at least 4 members (excludes halogenated alkanes) is 3. The van der Waals surface area contributed by atoms with Crippen LogP contribution in [-0.4, -0.2) is 0 Å². The Morgan fingerprint density at radius 2 is 2.17 bits per heavy atom. The van der Waals surface area contributed by atoms with Gasteiger partial charge in [-0.2, -0.15) is 0 Å². The van der Waals surface area contributed by atoms with Crippen LogP contribution >= 0.6 is 0 Å². The predicted molar refractivity (Wildman–Crippen MR) is 55.2 cm³/mol. The molecule has 1 aliphatic rings. The van der Waals surface area contributed by atoms with Crippen LogP contribution < -0.4 is 0 Å². The summed E-state index contributed by atoms with van der Waals surface area (Å²) in [5, 5.41) is 0. The monoisotopic (exact) mass is 166 g/mol. The van der Waals surface area contributed by atoms with Gasteiger partial charge in [-0.15, -0.1) is 0 Å². The fourth-order valence-corrected chi connectivity index (χ4v) is 1.96. The maximum absolute atomic E-state index is 2.44. The Kier molecular flexibility index (Phi) is 5.14. The minimum Gasteiger partial charge on any atom is -0.0883 e. The Hall–Kier alpha value is -0.260. The number of hydrogen-bond donors (Lipinski definition) is 0. The summed E-state index contributed by atoms with van der Waals surface area (Å²) in [6, 6.07) is 0. The van der Waals surface area contributed by atoms with Gasteiger partial charge in [-0.1, -0.05) is 44.8 Å². The van der Waals surface area contributed by atoms with E-state index in [1.165, 1.54) is 51.4 Å². The van der Waals surface area contributed by atoms with E-state index in [0.29, 0.717) is 0 Å². The largest absolute Gasteiger partial charge is 0.0883 e.